The monoisotopic (exact) mass is 323 g/mol. The quantitative estimate of drug-likeness (QED) is 0.504. The highest BCUT2D eigenvalue weighted by Crippen LogP contribution is 2.26. The third-order valence-electron chi connectivity index (χ3n) is 3.65. The Morgan fingerprint density at radius 2 is 2.04 bits per heavy atom. The molecule has 0 aliphatic carbocycles. The normalized spacial score (nSPS) is 10.4. The number of aryl methyl sites for hydroxylation is 1. The minimum Gasteiger partial charge on any atom is -0.508 e. The molecule has 0 aliphatic heterocycles. The van der Waals surface area contributed by atoms with Crippen molar-refractivity contribution in [2.75, 3.05) is 12.4 Å². The summed E-state index contributed by atoms with van der Waals surface area (Å²) in [6.07, 6.45) is 0. The molecule has 24 heavy (non-hydrogen) atoms. The molecule has 1 aromatic heterocycles. The molecule has 0 saturated heterocycles. The van der Waals surface area contributed by atoms with Gasteiger partial charge in [-0.05, 0) is 42.8 Å². The highest BCUT2D eigenvalue weighted by Gasteiger charge is 2.09. The van der Waals surface area contributed by atoms with E-state index in [0.29, 0.717) is 11.4 Å². The summed E-state index contributed by atoms with van der Waals surface area (Å²) in [5.41, 5.74) is 3.86. The largest absolute Gasteiger partial charge is 0.508 e. The number of hydrogen-bond donors (Lipinski definition) is 3. The Hall–Kier alpha value is -3.28. The van der Waals surface area contributed by atoms with E-state index in [1.807, 2.05) is 19.1 Å². The summed E-state index contributed by atoms with van der Waals surface area (Å²) in [6.45, 7) is 1.90. The summed E-state index contributed by atoms with van der Waals surface area (Å²) in [7, 11) is 1.35. The van der Waals surface area contributed by atoms with Crippen LogP contribution in [0.15, 0.2) is 48.5 Å². The number of ether oxygens (including phenoxy) is 1. The number of benzene rings is 2. The molecule has 0 amide bonds. The number of H-pyrrole nitrogens is 1. The summed E-state index contributed by atoms with van der Waals surface area (Å²) in [6, 6.07) is 14.0. The zero-order valence-corrected chi connectivity index (χ0v) is 13.3. The van der Waals surface area contributed by atoms with Crippen molar-refractivity contribution < 1.29 is 14.6 Å². The van der Waals surface area contributed by atoms with Gasteiger partial charge < -0.3 is 15.2 Å². The number of carbonyl (C=O) groups excluding carboxylic acids is 1. The summed E-state index contributed by atoms with van der Waals surface area (Å²) in [5, 5.41) is 19.8. The predicted molar refractivity (Wildman–Crippen MR) is 91.5 cm³/mol. The summed E-state index contributed by atoms with van der Waals surface area (Å²) in [5.74, 6) is 0.483. The maximum absolute atomic E-state index is 11.6. The zero-order valence-electron chi connectivity index (χ0n) is 13.3. The van der Waals surface area contributed by atoms with E-state index in [-0.39, 0.29) is 11.7 Å². The molecule has 1 heterocycles. The molecular weight excluding hydrogens is 306 g/mol. The number of aromatic hydroxyl groups is 1. The average Bonchev–Trinajstić information content (AvgIpc) is 3.05. The molecule has 0 radical (unpaired) electrons. The van der Waals surface area contributed by atoms with Crippen molar-refractivity contribution in [1.29, 1.82) is 0 Å². The van der Waals surface area contributed by atoms with Crippen LogP contribution in [0.2, 0.25) is 0 Å². The van der Waals surface area contributed by atoms with E-state index >= 15 is 0 Å². The van der Waals surface area contributed by atoms with E-state index < -0.39 is 0 Å². The number of nitrogens with zero attached hydrogens (tertiary/aromatic N) is 1. The molecule has 0 atom stereocenters. The lowest BCUT2D eigenvalue weighted by Gasteiger charge is -2.06. The molecule has 0 spiro atoms. The van der Waals surface area contributed by atoms with E-state index in [9.17, 15) is 9.90 Å². The van der Waals surface area contributed by atoms with Gasteiger partial charge in [-0.15, -0.1) is 0 Å². The van der Waals surface area contributed by atoms with Crippen LogP contribution in [0, 0.1) is 6.92 Å². The lowest BCUT2D eigenvalue weighted by Crippen LogP contribution is -2.00. The first-order chi connectivity index (χ1) is 11.6. The predicted octanol–water partition coefficient (Wildman–Crippen LogP) is 3.62. The van der Waals surface area contributed by atoms with Gasteiger partial charge in [-0.1, -0.05) is 12.1 Å². The van der Waals surface area contributed by atoms with Crippen LogP contribution in [0.3, 0.4) is 0 Å². The Morgan fingerprint density at radius 1 is 1.21 bits per heavy atom. The zero-order chi connectivity index (χ0) is 17.1. The smallest absolute Gasteiger partial charge is 0.337 e. The molecule has 0 saturated carbocycles. The maximum atomic E-state index is 11.6. The number of rotatable bonds is 4. The van der Waals surface area contributed by atoms with Crippen molar-refractivity contribution in [2.45, 2.75) is 6.92 Å². The first kappa shape index (κ1) is 15.6. The molecule has 0 fully saturated rings. The topological polar surface area (TPSA) is 87.2 Å². The molecule has 6 nitrogen and oxygen atoms in total. The van der Waals surface area contributed by atoms with E-state index in [1.165, 1.54) is 7.11 Å². The summed E-state index contributed by atoms with van der Waals surface area (Å²) in [4.78, 5) is 11.6. The number of phenolic OH excluding ortho intramolecular Hbond substituents is 1. The van der Waals surface area contributed by atoms with Crippen LogP contribution in [0.5, 0.6) is 5.75 Å². The fraction of sp³-hybridized carbons (Fsp3) is 0.111. The lowest BCUT2D eigenvalue weighted by atomic mass is 10.1. The van der Waals surface area contributed by atoms with Gasteiger partial charge in [-0.3, -0.25) is 5.10 Å². The average molecular weight is 323 g/mol. The van der Waals surface area contributed by atoms with Crippen LogP contribution >= 0.6 is 0 Å². The van der Waals surface area contributed by atoms with Gasteiger partial charge in [0.25, 0.3) is 0 Å². The van der Waals surface area contributed by atoms with Crippen LogP contribution in [0.4, 0.5) is 11.5 Å². The minimum atomic E-state index is -0.380. The Balaban J connectivity index is 1.84. The van der Waals surface area contributed by atoms with Gasteiger partial charge in [0.2, 0.25) is 0 Å². The van der Waals surface area contributed by atoms with Crippen LogP contribution < -0.4 is 5.32 Å². The van der Waals surface area contributed by atoms with Gasteiger partial charge in [0.1, 0.15) is 5.75 Å². The molecule has 6 heteroatoms. The fourth-order valence-electron chi connectivity index (χ4n) is 2.39. The van der Waals surface area contributed by atoms with Crippen LogP contribution in [-0.2, 0) is 4.74 Å². The van der Waals surface area contributed by atoms with Crippen molar-refractivity contribution in [3.8, 4) is 17.0 Å². The number of phenols is 1. The molecule has 122 valence electrons. The number of nitrogens with one attached hydrogen (secondary N) is 2. The number of aromatic nitrogens is 2. The van der Waals surface area contributed by atoms with Gasteiger partial charge in [-0.2, -0.15) is 5.10 Å². The van der Waals surface area contributed by atoms with Crippen LogP contribution in [0.25, 0.3) is 11.3 Å². The summed E-state index contributed by atoms with van der Waals surface area (Å²) < 4.78 is 4.74. The van der Waals surface area contributed by atoms with Gasteiger partial charge >= 0.3 is 5.97 Å². The number of esters is 1. The van der Waals surface area contributed by atoms with Gasteiger partial charge in [0, 0.05) is 17.3 Å². The SMILES string of the molecule is COC(=O)c1cccc(-c2cc(Nc3ccc(O)cc3C)n[nH]2)c1. The van der Waals surface area contributed by atoms with E-state index in [1.54, 1.807) is 36.4 Å². The minimum absolute atomic E-state index is 0.223. The van der Waals surface area contributed by atoms with Crippen molar-refractivity contribution >= 4 is 17.5 Å². The lowest BCUT2D eigenvalue weighted by molar-refractivity contribution is 0.0601. The van der Waals surface area contributed by atoms with Crippen LogP contribution in [-0.4, -0.2) is 28.4 Å². The van der Waals surface area contributed by atoms with Crippen molar-refractivity contribution in [2.24, 2.45) is 0 Å². The third kappa shape index (κ3) is 3.22. The molecular formula is C18H17N3O3. The second-order valence-electron chi connectivity index (χ2n) is 5.36. The van der Waals surface area contributed by atoms with Gasteiger partial charge in [-0.25, -0.2) is 4.79 Å². The third-order valence-corrected chi connectivity index (χ3v) is 3.65. The molecule has 0 bridgehead atoms. The molecule has 3 N–H and O–H groups in total. The number of carbonyl (C=O) groups is 1. The van der Waals surface area contributed by atoms with E-state index in [4.69, 9.17) is 4.74 Å². The van der Waals surface area contributed by atoms with E-state index in [0.717, 1.165) is 22.5 Å². The Kier molecular flexibility index (Phi) is 4.20. The molecule has 0 unspecified atom stereocenters. The molecule has 3 rings (SSSR count). The second-order valence-corrected chi connectivity index (χ2v) is 5.36. The second kappa shape index (κ2) is 6.45. The number of methoxy groups -OCH3 is 1. The van der Waals surface area contributed by atoms with Crippen molar-refractivity contribution in [3.63, 3.8) is 0 Å². The van der Waals surface area contributed by atoms with E-state index in [2.05, 4.69) is 15.5 Å². The van der Waals surface area contributed by atoms with Gasteiger partial charge in [0.15, 0.2) is 5.82 Å². The molecule has 3 aromatic rings. The first-order valence-corrected chi connectivity index (χ1v) is 7.37. The maximum Gasteiger partial charge on any atom is 0.337 e. The van der Waals surface area contributed by atoms with Crippen molar-refractivity contribution in [1.82, 2.24) is 10.2 Å². The number of anilines is 2. The van der Waals surface area contributed by atoms with Crippen molar-refractivity contribution in [3.05, 3.63) is 59.7 Å². The Bertz CT molecular complexity index is 887. The standard InChI is InChI=1S/C18H17N3O3/c1-11-8-14(22)6-7-15(11)19-17-10-16(20-21-17)12-4-3-5-13(9-12)18(23)24-2/h3-10,22H,1-2H3,(H2,19,20,21). The number of aromatic amines is 1. The fourth-order valence-corrected chi connectivity index (χ4v) is 2.39. The Labute approximate surface area is 139 Å². The van der Waals surface area contributed by atoms with Gasteiger partial charge in [0.05, 0.1) is 18.4 Å². The van der Waals surface area contributed by atoms with Crippen LogP contribution in [0.1, 0.15) is 15.9 Å². The summed E-state index contributed by atoms with van der Waals surface area (Å²) >= 11 is 0. The highest BCUT2D eigenvalue weighted by molar-refractivity contribution is 5.90. The Morgan fingerprint density at radius 3 is 2.79 bits per heavy atom. The first-order valence-electron chi connectivity index (χ1n) is 7.37. The number of hydrogen-bond acceptors (Lipinski definition) is 5. The molecule has 0 aliphatic rings. The molecule has 2 aromatic carbocycles. The highest BCUT2D eigenvalue weighted by atomic mass is 16.5.